The van der Waals surface area contributed by atoms with Crippen molar-refractivity contribution in [3.63, 3.8) is 0 Å². The van der Waals surface area contributed by atoms with Crippen LogP contribution in [-0.2, 0) is 0 Å². The zero-order valence-electron chi connectivity index (χ0n) is 9.61. The second kappa shape index (κ2) is 4.41. The minimum absolute atomic E-state index is 0.168. The van der Waals surface area contributed by atoms with E-state index in [2.05, 4.69) is 10.1 Å². The van der Waals surface area contributed by atoms with Crippen molar-refractivity contribution in [2.45, 2.75) is 0 Å². The number of furan rings is 1. The number of carboxylic acids is 1. The zero-order valence-corrected chi connectivity index (χ0v) is 9.61. The molecule has 94 valence electrons. The lowest BCUT2D eigenvalue weighted by atomic mass is 10.1. The van der Waals surface area contributed by atoms with Gasteiger partial charge in [-0.1, -0.05) is 17.3 Å². The van der Waals surface area contributed by atoms with Crippen LogP contribution in [0.2, 0.25) is 0 Å². The van der Waals surface area contributed by atoms with E-state index in [1.54, 1.807) is 24.3 Å². The lowest BCUT2D eigenvalue weighted by Crippen LogP contribution is -1.96. The van der Waals surface area contributed by atoms with E-state index < -0.39 is 5.97 Å². The van der Waals surface area contributed by atoms with E-state index in [1.807, 2.05) is 0 Å². The molecule has 0 atom stereocenters. The van der Waals surface area contributed by atoms with E-state index in [0.29, 0.717) is 17.1 Å². The molecule has 0 bridgehead atoms. The summed E-state index contributed by atoms with van der Waals surface area (Å²) in [6, 6.07) is 9.73. The summed E-state index contributed by atoms with van der Waals surface area (Å²) >= 11 is 0. The molecule has 1 aromatic carbocycles. The maximum atomic E-state index is 10.9. The molecule has 0 fully saturated rings. The summed E-state index contributed by atoms with van der Waals surface area (Å²) in [6.45, 7) is 0. The minimum atomic E-state index is -1.00. The van der Waals surface area contributed by atoms with Crippen molar-refractivity contribution in [3.05, 3.63) is 48.2 Å². The van der Waals surface area contributed by atoms with Gasteiger partial charge in [-0.15, -0.1) is 0 Å². The highest BCUT2D eigenvalue weighted by atomic mass is 16.5. The molecule has 19 heavy (non-hydrogen) atoms. The Kier molecular flexibility index (Phi) is 2.60. The molecule has 0 aliphatic heterocycles. The predicted octanol–water partition coefficient (Wildman–Crippen LogP) is 2.69. The highest BCUT2D eigenvalue weighted by Crippen LogP contribution is 2.22. The van der Waals surface area contributed by atoms with E-state index >= 15 is 0 Å². The van der Waals surface area contributed by atoms with Crippen LogP contribution in [0.3, 0.4) is 0 Å². The fraction of sp³-hybridized carbons (Fsp3) is 0. The third kappa shape index (κ3) is 2.11. The second-order valence-electron chi connectivity index (χ2n) is 3.79. The molecule has 2 heterocycles. The number of carbonyl (C=O) groups is 1. The number of nitrogens with zero attached hydrogens (tertiary/aromatic N) is 2. The number of aromatic carboxylic acids is 1. The molecule has 1 N–H and O–H groups in total. The van der Waals surface area contributed by atoms with Crippen molar-refractivity contribution >= 4 is 5.97 Å². The Morgan fingerprint density at radius 3 is 2.84 bits per heavy atom. The summed E-state index contributed by atoms with van der Waals surface area (Å²) in [5.41, 5.74) is 0.739. The van der Waals surface area contributed by atoms with Crippen LogP contribution >= 0.6 is 0 Å². The van der Waals surface area contributed by atoms with Crippen LogP contribution in [0, 0.1) is 0 Å². The normalized spacial score (nSPS) is 10.5. The summed E-state index contributed by atoms with van der Waals surface area (Å²) in [5, 5.41) is 12.7. The lowest BCUT2D eigenvalue weighted by molar-refractivity contribution is 0.0697. The molecule has 0 saturated carbocycles. The lowest BCUT2D eigenvalue weighted by Gasteiger charge is -1.96. The number of aromatic nitrogens is 2. The van der Waals surface area contributed by atoms with Crippen molar-refractivity contribution in [3.8, 4) is 23.0 Å². The van der Waals surface area contributed by atoms with E-state index in [1.165, 1.54) is 18.4 Å². The van der Waals surface area contributed by atoms with Gasteiger partial charge in [0.25, 0.3) is 5.89 Å². The molecule has 6 heteroatoms. The SMILES string of the molecule is O=C(O)c1cccc(-c2noc(-c3ccco3)n2)c1. The Bertz CT molecular complexity index is 716. The molecule has 0 aliphatic rings. The van der Waals surface area contributed by atoms with Crippen molar-refractivity contribution < 1.29 is 18.8 Å². The molecule has 0 radical (unpaired) electrons. The number of rotatable bonds is 3. The number of benzene rings is 1. The van der Waals surface area contributed by atoms with Crippen molar-refractivity contribution in [1.29, 1.82) is 0 Å². The molecule has 0 amide bonds. The first-order valence-electron chi connectivity index (χ1n) is 5.45. The Labute approximate surface area is 107 Å². The number of hydrogen-bond donors (Lipinski definition) is 1. The van der Waals surface area contributed by atoms with Crippen LogP contribution in [0.15, 0.2) is 51.6 Å². The Hall–Kier alpha value is -2.89. The van der Waals surface area contributed by atoms with E-state index in [4.69, 9.17) is 14.0 Å². The van der Waals surface area contributed by atoms with Gasteiger partial charge >= 0.3 is 5.97 Å². The summed E-state index contributed by atoms with van der Waals surface area (Å²) < 4.78 is 10.2. The smallest absolute Gasteiger partial charge is 0.335 e. The van der Waals surface area contributed by atoms with Gasteiger partial charge in [0.15, 0.2) is 5.76 Å². The van der Waals surface area contributed by atoms with E-state index in [0.717, 1.165) is 0 Å². The van der Waals surface area contributed by atoms with Gasteiger partial charge in [-0.2, -0.15) is 4.98 Å². The molecule has 0 aliphatic carbocycles. The van der Waals surface area contributed by atoms with Gasteiger partial charge in [0.1, 0.15) is 0 Å². The molecule has 6 nitrogen and oxygen atoms in total. The van der Waals surface area contributed by atoms with Gasteiger partial charge in [0.05, 0.1) is 11.8 Å². The van der Waals surface area contributed by atoms with Gasteiger partial charge in [0, 0.05) is 5.56 Å². The highest BCUT2D eigenvalue weighted by molar-refractivity contribution is 5.89. The topological polar surface area (TPSA) is 89.4 Å². The predicted molar refractivity (Wildman–Crippen MR) is 64.4 cm³/mol. The first kappa shape index (κ1) is 11.2. The monoisotopic (exact) mass is 256 g/mol. The minimum Gasteiger partial charge on any atom is -0.478 e. The third-order valence-corrected chi connectivity index (χ3v) is 2.53. The Morgan fingerprint density at radius 1 is 1.21 bits per heavy atom. The van der Waals surface area contributed by atoms with Gasteiger partial charge in [-0.3, -0.25) is 0 Å². The molecule has 2 aromatic heterocycles. The standard InChI is InChI=1S/C13H8N2O4/c16-13(17)9-4-1-3-8(7-9)11-14-12(19-15-11)10-5-2-6-18-10/h1-7H,(H,16,17). The summed E-state index contributed by atoms with van der Waals surface area (Å²) in [7, 11) is 0. The average molecular weight is 256 g/mol. The highest BCUT2D eigenvalue weighted by Gasteiger charge is 2.13. The number of hydrogen-bond acceptors (Lipinski definition) is 5. The van der Waals surface area contributed by atoms with Crippen LogP contribution < -0.4 is 0 Å². The first-order chi connectivity index (χ1) is 9.24. The van der Waals surface area contributed by atoms with Crippen LogP contribution in [0.5, 0.6) is 0 Å². The fourth-order valence-electron chi connectivity index (χ4n) is 1.63. The molecule has 3 rings (SSSR count). The van der Waals surface area contributed by atoms with Gasteiger partial charge in [-0.05, 0) is 24.3 Å². The van der Waals surface area contributed by atoms with Crippen LogP contribution in [0.1, 0.15) is 10.4 Å². The van der Waals surface area contributed by atoms with Crippen molar-refractivity contribution in [2.75, 3.05) is 0 Å². The molecule has 0 spiro atoms. The first-order valence-corrected chi connectivity index (χ1v) is 5.45. The number of carboxylic acid groups (broad SMARTS) is 1. The molecule has 0 saturated heterocycles. The van der Waals surface area contributed by atoms with Crippen LogP contribution in [0.4, 0.5) is 0 Å². The van der Waals surface area contributed by atoms with Crippen LogP contribution in [-0.4, -0.2) is 21.2 Å². The van der Waals surface area contributed by atoms with E-state index in [9.17, 15) is 4.79 Å². The summed E-state index contributed by atoms with van der Waals surface area (Å²) in [6.07, 6.45) is 1.50. The third-order valence-electron chi connectivity index (χ3n) is 2.53. The molecule has 3 aromatic rings. The van der Waals surface area contributed by atoms with Gasteiger partial charge in [-0.25, -0.2) is 4.79 Å². The van der Waals surface area contributed by atoms with Crippen molar-refractivity contribution in [1.82, 2.24) is 10.1 Å². The second-order valence-corrected chi connectivity index (χ2v) is 3.79. The van der Waals surface area contributed by atoms with Crippen LogP contribution in [0.25, 0.3) is 23.0 Å². The molecule has 0 unspecified atom stereocenters. The Morgan fingerprint density at radius 2 is 2.11 bits per heavy atom. The molecular formula is C13H8N2O4. The average Bonchev–Trinajstić information content (AvgIpc) is 3.09. The zero-order chi connectivity index (χ0) is 13.2. The quantitative estimate of drug-likeness (QED) is 0.774. The largest absolute Gasteiger partial charge is 0.478 e. The fourth-order valence-corrected chi connectivity index (χ4v) is 1.63. The van der Waals surface area contributed by atoms with Gasteiger partial charge in [0.2, 0.25) is 5.82 Å². The van der Waals surface area contributed by atoms with Crippen molar-refractivity contribution in [2.24, 2.45) is 0 Å². The van der Waals surface area contributed by atoms with Gasteiger partial charge < -0.3 is 14.0 Å². The maximum Gasteiger partial charge on any atom is 0.335 e. The summed E-state index contributed by atoms with van der Waals surface area (Å²) in [4.78, 5) is 15.1. The summed E-state index contributed by atoms with van der Waals surface area (Å²) in [5.74, 6) is 0.0278. The Balaban J connectivity index is 1.99. The van der Waals surface area contributed by atoms with E-state index in [-0.39, 0.29) is 11.5 Å². The maximum absolute atomic E-state index is 10.9. The molecular weight excluding hydrogens is 248 g/mol.